The van der Waals surface area contributed by atoms with E-state index >= 15 is 0 Å². The first-order valence-corrected chi connectivity index (χ1v) is 8.38. The highest BCUT2D eigenvalue weighted by Gasteiger charge is 2.36. The Balaban J connectivity index is 1.69. The number of anilines is 1. The molecule has 1 aromatic carbocycles. The number of hydrogen-bond acceptors (Lipinski definition) is 2. The normalized spacial score (nSPS) is 28.6. The van der Waals surface area contributed by atoms with Crippen LogP contribution in [0.2, 0.25) is 0 Å². The zero-order chi connectivity index (χ0) is 15.6. The highest BCUT2D eigenvalue weighted by Crippen LogP contribution is 2.35. The van der Waals surface area contributed by atoms with Gasteiger partial charge in [-0.3, -0.25) is 4.99 Å². The zero-order valence-corrected chi connectivity index (χ0v) is 13.7. The van der Waals surface area contributed by atoms with Crippen molar-refractivity contribution >= 4 is 11.6 Å². The van der Waals surface area contributed by atoms with Crippen molar-refractivity contribution in [2.75, 3.05) is 25.0 Å². The van der Waals surface area contributed by atoms with Crippen LogP contribution in [0.25, 0.3) is 0 Å². The first kappa shape index (κ1) is 15.3. The van der Waals surface area contributed by atoms with Crippen molar-refractivity contribution in [3.8, 4) is 0 Å². The Morgan fingerprint density at radius 3 is 3.00 bits per heavy atom. The van der Waals surface area contributed by atoms with E-state index in [4.69, 9.17) is 0 Å². The average molecular weight is 301 g/mol. The number of fused-ring (bicyclic) bond motifs is 1. The van der Waals surface area contributed by atoms with Crippen LogP contribution in [0.1, 0.15) is 38.2 Å². The maximum Gasteiger partial charge on any atom is 0.198 e. The molecule has 0 spiro atoms. The van der Waals surface area contributed by atoms with Crippen LogP contribution in [0, 0.1) is 5.41 Å². The van der Waals surface area contributed by atoms with Crippen LogP contribution in [0.5, 0.6) is 0 Å². The molecule has 4 nitrogen and oxygen atoms in total. The fourth-order valence-corrected chi connectivity index (χ4v) is 3.72. The van der Waals surface area contributed by atoms with Crippen molar-refractivity contribution in [2.45, 2.75) is 45.1 Å². The molecule has 1 saturated carbocycles. The molecule has 2 N–H and O–H groups in total. The van der Waals surface area contributed by atoms with Gasteiger partial charge in [-0.2, -0.15) is 0 Å². The predicted molar refractivity (Wildman–Crippen MR) is 91.4 cm³/mol. The predicted octanol–water partition coefficient (Wildman–Crippen LogP) is 2.57. The molecule has 0 bridgehead atoms. The van der Waals surface area contributed by atoms with E-state index in [9.17, 15) is 5.11 Å². The van der Waals surface area contributed by atoms with Gasteiger partial charge in [-0.15, -0.1) is 0 Å². The molecular formula is C18H27N3O. The van der Waals surface area contributed by atoms with E-state index in [2.05, 4.69) is 46.4 Å². The first-order chi connectivity index (χ1) is 10.6. The molecule has 1 heterocycles. The number of nitrogens with zero attached hydrogens (tertiary/aromatic N) is 2. The Bertz CT molecular complexity index is 557. The summed E-state index contributed by atoms with van der Waals surface area (Å²) >= 11 is 0. The van der Waals surface area contributed by atoms with Crippen molar-refractivity contribution in [2.24, 2.45) is 10.4 Å². The van der Waals surface area contributed by atoms with Crippen LogP contribution in [0.15, 0.2) is 29.3 Å². The van der Waals surface area contributed by atoms with Gasteiger partial charge >= 0.3 is 0 Å². The minimum Gasteiger partial charge on any atom is -0.392 e. The minimum absolute atomic E-state index is 0.0482. The molecule has 0 saturated heterocycles. The third-order valence-corrected chi connectivity index (χ3v) is 5.28. The minimum atomic E-state index is -0.210. The van der Waals surface area contributed by atoms with Crippen molar-refractivity contribution in [1.29, 1.82) is 0 Å². The molecule has 0 aromatic heterocycles. The topological polar surface area (TPSA) is 47.9 Å². The third-order valence-electron chi connectivity index (χ3n) is 5.28. The second-order valence-corrected chi connectivity index (χ2v) is 6.85. The van der Waals surface area contributed by atoms with E-state index in [-0.39, 0.29) is 11.5 Å². The number of aliphatic hydroxyl groups excluding tert-OH is 1. The van der Waals surface area contributed by atoms with Gasteiger partial charge < -0.3 is 15.3 Å². The van der Waals surface area contributed by atoms with Crippen LogP contribution in [-0.2, 0) is 6.42 Å². The quantitative estimate of drug-likeness (QED) is 0.652. The molecule has 4 heteroatoms. The van der Waals surface area contributed by atoms with Crippen molar-refractivity contribution in [1.82, 2.24) is 5.32 Å². The summed E-state index contributed by atoms with van der Waals surface area (Å²) in [5.41, 5.74) is 2.59. The summed E-state index contributed by atoms with van der Waals surface area (Å²) < 4.78 is 0. The molecule has 2 unspecified atom stereocenters. The highest BCUT2D eigenvalue weighted by molar-refractivity contribution is 5.97. The van der Waals surface area contributed by atoms with Gasteiger partial charge in [0.05, 0.1) is 6.10 Å². The van der Waals surface area contributed by atoms with E-state index in [0.29, 0.717) is 0 Å². The highest BCUT2D eigenvalue weighted by atomic mass is 16.3. The number of hydrogen-bond donors (Lipinski definition) is 2. The van der Waals surface area contributed by atoms with Gasteiger partial charge in [0.25, 0.3) is 0 Å². The van der Waals surface area contributed by atoms with Crippen molar-refractivity contribution in [3.05, 3.63) is 29.8 Å². The van der Waals surface area contributed by atoms with Gasteiger partial charge in [-0.05, 0) is 30.9 Å². The van der Waals surface area contributed by atoms with E-state index < -0.39 is 0 Å². The SMILES string of the molecule is CN=C(NCC1(C)CCCCC1O)N1CCc2ccccc21. The van der Waals surface area contributed by atoms with Gasteiger partial charge in [0.2, 0.25) is 0 Å². The second kappa shape index (κ2) is 6.29. The fourth-order valence-electron chi connectivity index (χ4n) is 3.72. The van der Waals surface area contributed by atoms with Gasteiger partial charge in [0.15, 0.2) is 5.96 Å². The Morgan fingerprint density at radius 2 is 2.23 bits per heavy atom. The summed E-state index contributed by atoms with van der Waals surface area (Å²) in [6.45, 7) is 3.94. The second-order valence-electron chi connectivity index (χ2n) is 6.85. The summed E-state index contributed by atoms with van der Waals surface area (Å²) in [5, 5.41) is 13.9. The Morgan fingerprint density at radius 1 is 1.41 bits per heavy atom. The molecule has 2 atom stereocenters. The molecule has 120 valence electrons. The Labute approximate surface area is 133 Å². The summed E-state index contributed by atoms with van der Waals surface area (Å²) in [7, 11) is 1.84. The number of rotatable bonds is 2. The summed E-state index contributed by atoms with van der Waals surface area (Å²) in [6, 6.07) is 8.52. The summed E-state index contributed by atoms with van der Waals surface area (Å²) in [5.74, 6) is 0.920. The van der Waals surface area contributed by atoms with Crippen LogP contribution in [0.4, 0.5) is 5.69 Å². The smallest absolute Gasteiger partial charge is 0.198 e. The lowest BCUT2D eigenvalue weighted by molar-refractivity contribution is 0.00404. The number of para-hydroxylation sites is 1. The maximum atomic E-state index is 10.3. The number of aliphatic hydroxyl groups is 1. The number of benzene rings is 1. The molecule has 1 aliphatic heterocycles. The van der Waals surface area contributed by atoms with Crippen LogP contribution >= 0.6 is 0 Å². The number of nitrogens with one attached hydrogen (secondary N) is 1. The first-order valence-electron chi connectivity index (χ1n) is 8.38. The van der Waals surface area contributed by atoms with E-state index in [1.165, 1.54) is 17.7 Å². The van der Waals surface area contributed by atoms with Crippen LogP contribution in [0.3, 0.4) is 0 Å². The molecule has 0 amide bonds. The summed E-state index contributed by atoms with van der Waals surface area (Å²) in [6.07, 6.45) is 5.21. The molecule has 1 aliphatic carbocycles. The third kappa shape index (κ3) is 2.84. The monoisotopic (exact) mass is 301 g/mol. The number of aliphatic imine (C=N–C) groups is 1. The largest absolute Gasteiger partial charge is 0.392 e. The summed E-state index contributed by atoms with van der Waals surface area (Å²) in [4.78, 5) is 6.72. The number of guanidine groups is 1. The average Bonchev–Trinajstić information content (AvgIpc) is 2.95. The van der Waals surface area contributed by atoms with Crippen molar-refractivity contribution < 1.29 is 5.11 Å². The van der Waals surface area contributed by atoms with E-state index in [1.807, 2.05) is 7.05 Å². The van der Waals surface area contributed by atoms with Crippen LogP contribution in [-0.4, -0.2) is 37.3 Å². The molecule has 3 rings (SSSR count). The molecule has 1 aromatic rings. The van der Waals surface area contributed by atoms with E-state index in [0.717, 1.165) is 44.7 Å². The lowest BCUT2D eigenvalue weighted by atomic mass is 9.73. The lowest BCUT2D eigenvalue weighted by Gasteiger charge is -2.39. The zero-order valence-electron chi connectivity index (χ0n) is 13.7. The maximum absolute atomic E-state index is 10.3. The van der Waals surface area contributed by atoms with E-state index in [1.54, 1.807) is 0 Å². The fraction of sp³-hybridized carbons (Fsp3) is 0.611. The van der Waals surface area contributed by atoms with Gasteiger partial charge in [0.1, 0.15) is 0 Å². The molecule has 22 heavy (non-hydrogen) atoms. The van der Waals surface area contributed by atoms with Gasteiger partial charge in [-0.25, -0.2) is 0 Å². The van der Waals surface area contributed by atoms with Gasteiger partial charge in [0, 0.05) is 31.2 Å². The van der Waals surface area contributed by atoms with Gasteiger partial charge in [-0.1, -0.05) is 38.0 Å². The molecule has 0 radical (unpaired) electrons. The lowest BCUT2D eigenvalue weighted by Crippen LogP contribution is -2.49. The standard InChI is InChI=1S/C18H27N3O/c1-18(11-6-5-9-16(18)22)13-20-17(19-2)21-12-10-14-7-3-4-8-15(14)21/h3-4,7-8,16,22H,5-6,9-13H2,1-2H3,(H,19,20). The van der Waals surface area contributed by atoms with Crippen LogP contribution < -0.4 is 10.2 Å². The molecular weight excluding hydrogens is 274 g/mol. The Hall–Kier alpha value is -1.55. The molecule has 2 aliphatic rings. The van der Waals surface area contributed by atoms with Crippen molar-refractivity contribution in [3.63, 3.8) is 0 Å². The Kier molecular flexibility index (Phi) is 4.39. The molecule has 1 fully saturated rings.